The molecule has 31 heavy (non-hydrogen) atoms. The molecule has 0 saturated heterocycles. The van der Waals surface area contributed by atoms with Crippen molar-refractivity contribution in [3.63, 3.8) is 0 Å². The Hall–Kier alpha value is -2.79. The molecular formula is C24H14Cl3NO3. The monoisotopic (exact) mass is 469 g/mol. The molecule has 1 atom stereocenters. The van der Waals surface area contributed by atoms with E-state index < -0.39 is 6.04 Å². The molecule has 1 aliphatic heterocycles. The predicted molar refractivity (Wildman–Crippen MR) is 122 cm³/mol. The molecule has 3 aromatic carbocycles. The van der Waals surface area contributed by atoms with Gasteiger partial charge in [-0.15, -0.1) is 0 Å². The highest BCUT2D eigenvalue weighted by Crippen LogP contribution is 2.40. The molecule has 5 rings (SSSR count). The van der Waals surface area contributed by atoms with Crippen LogP contribution in [0.15, 0.2) is 75.9 Å². The van der Waals surface area contributed by atoms with Crippen LogP contribution in [-0.4, -0.2) is 10.8 Å². The molecule has 0 N–H and O–H groups in total. The summed E-state index contributed by atoms with van der Waals surface area (Å²) in [7, 11) is 0. The second-order valence-corrected chi connectivity index (χ2v) is 8.56. The molecule has 0 saturated carbocycles. The summed E-state index contributed by atoms with van der Waals surface area (Å²) in [6, 6.07) is 18.8. The van der Waals surface area contributed by atoms with Crippen molar-refractivity contribution in [2.24, 2.45) is 0 Å². The van der Waals surface area contributed by atoms with Gasteiger partial charge in [-0.25, -0.2) is 0 Å². The summed E-state index contributed by atoms with van der Waals surface area (Å²) in [5.41, 5.74) is 1.89. The van der Waals surface area contributed by atoms with Gasteiger partial charge in [-0.3, -0.25) is 9.59 Å². The quantitative estimate of drug-likeness (QED) is 0.343. The van der Waals surface area contributed by atoms with E-state index in [2.05, 4.69) is 0 Å². The standard InChI is InChI=1S/C24H14Cl3NO3/c25-15-7-9-19-16(11-15)22(29)20-21(14-6-8-17(26)18(27)10-14)28(24(30)23(20)31-19)12-13-4-2-1-3-5-13/h1-11,21H,12H2. The molecule has 0 spiro atoms. The molecule has 0 fully saturated rings. The Morgan fingerprint density at radius 2 is 1.65 bits per heavy atom. The van der Waals surface area contributed by atoms with Crippen LogP contribution in [0.5, 0.6) is 0 Å². The molecule has 4 aromatic rings. The Bertz CT molecular complexity index is 1400. The third kappa shape index (κ3) is 3.41. The summed E-state index contributed by atoms with van der Waals surface area (Å²) in [5, 5.41) is 1.47. The van der Waals surface area contributed by atoms with Gasteiger partial charge in [0.15, 0.2) is 5.43 Å². The van der Waals surface area contributed by atoms with Gasteiger partial charge in [0.05, 0.1) is 27.0 Å². The number of hydrogen-bond acceptors (Lipinski definition) is 3. The fourth-order valence-corrected chi connectivity index (χ4v) is 4.44. The Labute approximate surface area is 192 Å². The molecule has 4 nitrogen and oxygen atoms in total. The van der Waals surface area contributed by atoms with Crippen LogP contribution >= 0.6 is 34.8 Å². The van der Waals surface area contributed by atoms with Crippen LogP contribution in [0.4, 0.5) is 0 Å². The normalized spacial score (nSPS) is 15.5. The maximum Gasteiger partial charge on any atom is 0.291 e. The van der Waals surface area contributed by atoms with Crippen LogP contribution in [0, 0.1) is 0 Å². The first-order valence-electron chi connectivity index (χ1n) is 9.50. The van der Waals surface area contributed by atoms with Crippen molar-refractivity contribution in [1.82, 2.24) is 4.90 Å². The Morgan fingerprint density at radius 3 is 2.39 bits per heavy atom. The first kappa shape index (κ1) is 20.1. The summed E-state index contributed by atoms with van der Waals surface area (Å²) >= 11 is 18.5. The molecule has 154 valence electrons. The van der Waals surface area contributed by atoms with Gasteiger partial charge in [-0.2, -0.15) is 0 Å². The number of carbonyl (C=O) groups is 1. The second-order valence-electron chi connectivity index (χ2n) is 7.31. The van der Waals surface area contributed by atoms with Gasteiger partial charge >= 0.3 is 0 Å². The number of benzene rings is 3. The molecule has 0 aliphatic carbocycles. The van der Waals surface area contributed by atoms with E-state index >= 15 is 0 Å². The third-order valence-corrected chi connectivity index (χ3v) is 6.36. The van der Waals surface area contributed by atoms with Crippen molar-refractivity contribution in [3.05, 3.63) is 114 Å². The van der Waals surface area contributed by atoms with Crippen LogP contribution < -0.4 is 5.43 Å². The van der Waals surface area contributed by atoms with Crippen molar-refractivity contribution in [2.75, 3.05) is 0 Å². The van der Waals surface area contributed by atoms with E-state index in [4.69, 9.17) is 39.2 Å². The Balaban J connectivity index is 1.75. The predicted octanol–water partition coefficient (Wildman–Crippen LogP) is 6.50. The van der Waals surface area contributed by atoms with Gasteiger partial charge < -0.3 is 9.32 Å². The van der Waals surface area contributed by atoms with Crippen molar-refractivity contribution >= 4 is 51.7 Å². The first-order valence-corrected chi connectivity index (χ1v) is 10.6. The lowest BCUT2D eigenvalue weighted by molar-refractivity contribution is 0.0714. The van der Waals surface area contributed by atoms with E-state index in [0.717, 1.165) is 5.56 Å². The number of halogens is 3. The lowest BCUT2D eigenvalue weighted by Crippen LogP contribution is -2.29. The number of hydrogen-bond donors (Lipinski definition) is 0. The molecule has 2 heterocycles. The number of nitrogens with zero attached hydrogens (tertiary/aromatic N) is 1. The van der Waals surface area contributed by atoms with E-state index in [1.807, 2.05) is 30.3 Å². The molecule has 1 aromatic heterocycles. The first-order chi connectivity index (χ1) is 14.9. The average Bonchev–Trinajstić information content (AvgIpc) is 3.03. The lowest BCUT2D eigenvalue weighted by Gasteiger charge is -2.25. The van der Waals surface area contributed by atoms with Gasteiger partial charge in [0.25, 0.3) is 5.91 Å². The third-order valence-electron chi connectivity index (χ3n) is 5.38. The van der Waals surface area contributed by atoms with Gasteiger partial charge in [-0.05, 0) is 41.5 Å². The Morgan fingerprint density at radius 1 is 0.871 bits per heavy atom. The summed E-state index contributed by atoms with van der Waals surface area (Å²) < 4.78 is 5.92. The lowest BCUT2D eigenvalue weighted by atomic mass is 9.98. The zero-order chi connectivity index (χ0) is 21.7. The van der Waals surface area contributed by atoms with Crippen LogP contribution in [0.25, 0.3) is 11.0 Å². The van der Waals surface area contributed by atoms with Crippen molar-refractivity contribution in [1.29, 1.82) is 0 Å². The number of rotatable bonds is 3. The molecule has 1 unspecified atom stereocenters. The maximum atomic E-state index is 13.5. The minimum absolute atomic E-state index is 0.0341. The zero-order valence-corrected chi connectivity index (χ0v) is 18.2. The minimum Gasteiger partial charge on any atom is -0.450 e. The average molecular weight is 471 g/mol. The summed E-state index contributed by atoms with van der Waals surface area (Å²) in [6.45, 7) is 0.297. The highest BCUT2D eigenvalue weighted by molar-refractivity contribution is 6.42. The Kier molecular flexibility index (Phi) is 5.01. The van der Waals surface area contributed by atoms with Gasteiger partial charge in [-0.1, -0.05) is 71.2 Å². The fourth-order valence-electron chi connectivity index (χ4n) is 3.96. The summed E-state index contributed by atoms with van der Waals surface area (Å²) in [4.78, 5) is 28.5. The SMILES string of the molecule is O=C1c2oc3ccc(Cl)cc3c(=O)c2C(c2ccc(Cl)c(Cl)c2)N1Cc1ccccc1. The molecule has 1 aliphatic rings. The minimum atomic E-state index is -0.669. The summed E-state index contributed by atoms with van der Waals surface area (Å²) in [5.74, 6) is -0.323. The van der Waals surface area contributed by atoms with Crippen LogP contribution in [0.1, 0.15) is 33.3 Å². The molecule has 7 heteroatoms. The van der Waals surface area contributed by atoms with Crippen molar-refractivity contribution in [3.8, 4) is 0 Å². The topological polar surface area (TPSA) is 50.5 Å². The van der Waals surface area contributed by atoms with Crippen molar-refractivity contribution < 1.29 is 9.21 Å². The molecule has 0 bridgehead atoms. The van der Waals surface area contributed by atoms with Crippen molar-refractivity contribution in [2.45, 2.75) is 12.6 Å². The van der Waals surface area contributed by atoms with E-state index in [9.17, 15) is 9.59 Å². The van der Waals surface area contributed by atoms with E-state index in [1.165, 1.54) is 0 Å². The molecule has 0 radical (unpaired) electrons. The zero-order valence-electron chi connectivity index (χ0n) is 15.9. The van der Waals surface area contributed by atoms with Gasteiger partial charge in [0, 0.05) is 11.6 Å². The second kappa shape index (κ2) is 7.72. The van der Waals surface area contributed by atoms with Gasteiger partial charge in [0.1, 0.15) is 5.58 Å². The van der Waals surface area contributed by atoms with Crippen LogP contribution in [0.2, 0.25) is 15.1 Å². The molecular weight excluding hydrogens is 457 g/mol. The highest BCUT2D eigenvalue weighted by atomic mass is 35.5. The fraction of sp³-hybridized carbons (Fsp3) is 0.0833. The highest BCUT2D eigenvalue weighted by Gasteiger charge is 2.42. The molecule has 1 amide bonds. The summed E-state index contributed by atoms with van der Waals surface area (Å²) in [6.07, 6.45) is 0. The van der Waals surface area contributed by atoms with E-state index in [1.54, 1.807) is 41.3 Å². The smallest absolute Gasteiger partial charge is 0.291 e. The van der Waals surface area contributed by atoms with Gasteiger partial charge in [0.2, 0.25) is 5.76 Å². The van der Waals surface area contributed by atoms with Crippen LogP contribution in [-0.2, 0) is 6.54 Å². The number of amides is 1. The van der Waals surface area contributed by atoms with E-state index in [-0.39, 0.29) is 22.7 Å². The number of fused-ring (bicyclic) bond motifs is 2. The largest absolute Gasteiger partial charge is 0.450 e. The maximum absolute atomic E-state index is 13.5. The number of carbonyl (C=O) groups excluding carboxylic acids is 1. The van der Waals surface area contributed by atoms with Crippen LogP contribution in [0.3, 0.4) is 0 Å². The van der Waals surface area contributed by atoms with E-state index in [0.29, 0.717) is 38.1 Å².